The average molecular weight is 367 g/mol. The third-order valence-electron chi connectivity index (χ3n) is 4.01. The maximum Gasteiger partial charge on any atom is 0.0659 e. The topological polar surface area (TPSA) is 17.3 Å². The maximum absolute atomic E-state index is 4.65. The van der Waals surface area contributed by atoms with Gasteiger partial charge in [0.1, 0.15) is 0 Å². The molecule has 2 nitrogen and oxygen atoms in total. The molecule has 3 aromatic rings. The molecule has 3 heteroatoms. The Labute approximate surface area is 145 Å². The molecule has 0 aliphatic carbocycles. The fourth-order valence-electron chi connectivity index (χ4n) is 2.75. The summed E-state index contributed by atoms with van der Waals surface area (Å²) in [5.74, 6) is 0. The molecule has 0 amide bonds. The van der Waals surface area contributed by atoms with E-state index in [1.54, 1.807) is 0 Å². The number of rotatable bonds is 3. The molecule has 0 atom stereocenters. The predicted molar refractivity (Wildman–Crippen MR) is 101 cm³/mol. The van der Waals surface area contributed by atoms with Gasteiger partial charge in [-0.1, -0.05) is 34.1 Å². The number of para-hydroxylation sites is 1. The number of aliphatic imine (C=N–C) groups is 1. The lowest BCUT2D eigenvalue weighted by molar-refractivity contribution is 0.964. The molecule has 0 radical (unpaired) electrons. The second-order valence-corrected chi connectivity index (χ2v) is 6.60. The summed E-state index contributed by atoms with van der Waals surface area (Å²) in [4.78, 5) is 4.65. The number of aryl methyl sites for hydroxylation is 2. The van der Waals surface area contributed by atoms with E-state index in [2.05, 4.69) is 82.7 Å². The minimum Gasteiger partial charge on any atom is -0.318 e. The van der Waals surface area contributed by atoms with E-state index >= 15 is 0 Å². The molecule has 0 saturated heterocycles. The van der Waals surface area contributed by atoms with E-state index in [0.29, 0.717) is 0 Å². The van der Waals surface area contributed by atoms with Crippen molar-refractivity contribution in [3.63, 3.8) is 0 Å². The van der Waals surface area contributed by atoms with Crippen LogP contribution >= 0.6 is 15.9 Å². The van der Waals surface area contributed by atoms with Gasteiger partial charge in [-0.3, -0.25) is 4.99 Å². The molecule has 0 bridgehead atoms. The molecule has 1 heterocycles. The van der Waals surface area contributed by atoms with Crippen molar-refractivity contribution in [2.24, 2.45) is 4.99 Å². The molecule has 0 fully saturated rings. The molecule has 1 aromatic heterocycles. The number of nitrogens with zero attached hydrogens (tertiary/aromatic N) is 2. The smallest absolute Gasteiger partial charge is 0.0659 e. The Kier molecular flexibility index (Phi) is 4.49. The van der Waals surface area contributed by atoms with Gasteiger partial charge in [0.15, 0.2) is 0 Å². The Bertz CT molecular complexity index is 858. The van der Waals surface area contributed by atoms with E-state index in [-0.39, 0.29) is 0 Å². The Morgan fingerprint density at radius 3 is 2.35 bits per heavy atom. The zero-order valence-corrected chi connectivity index (χ0v) is 15.1. The highest BCUT2D eigenvalue weighted by molar-refractivity contribution is 9.10. The molecular weight excluding hydrogens is 348 g/mol. The molecule has 0 N–H and O–H groups in total. The van der Waals surface area contributed by atoms with Gasteiger partial charge < -0.3 is 4.57 Å². The average Bonchev–Trinajstić information content (AvgIpc) is 2.82. The van der Waals surface area contributed by atoms with Gasteiger partial charge in [-0.2, -0.15) is 0 Å². The maximum atomic E-state index is 4.65. The van der Waals surface area contributed by atoms with Gasteiger partial charge in [-0.15, -0.1) is 0 Å². The first-order valence-electron chi connectivity index (χ1n) is 7.61. The number of aromatic nitrogens is 1. The largest absolute Gasteiger partial charge is 0.318 e. The molecule has 0 aliphatic heterocycles. The van der Waals surface area contributed by atoms with E-state index in [9.17, 15) is 0 Å². The zero-order chi connectivity index (χ0) is 16.4. The van der Waals surface area contributed by atoms with Crippen molar-refractivity contribution >= 4 is 27.8 Å². The molecule has 2 aromatic carbocycles. The minimum absolute atomic E-state index is 1.01. The fourth-order valence-corrected chi connectivity index (χ4v) is 3.02. The highest BCUT2D eigenvalue weighted by Crippen LogP contribution is 2.23. The number of hydrogen-bond donors (Lipinski definition) is 0. The summed E-state index contributed by atoms with van der Waals surface area (Å²) in [6.45, 7) is 6.34. The second kappa shape index (κ2) is 6.55. The van der Waals surface area contributed by atoms with Crippen molar-refractivity contribution in [1.29, 1.82) is 0 Å². The van der Waals surface area contributed by atoms with Gasteiger partial charge in [-0.05, 0) is 62.7 Å². The summed E-state index contributed by atoms with van der Waals surface area (Å²) >= 11 is 3.49. The molecule has 0 spiro atoms. The van der Waals surface area contributed by atoms with Gasteiger partial charge in [0.05, 0.1) is 5.69 Å². The van der Waals surface area contributed by atoms with Crippen molar-refractivity contribution in [2.45, 2.75) is 20.8 Å². The monoisotopic (exact) mass is 366 g/mol. The van der Waals surface area contributed by atoms with Crippen molar-refractivity contribution in [3.8, 4) is 5.69 Å². The van der Waals surface area contributed by atoms with Crippen LogP contribution in [0.1, 0.15) is 22.5 Å². The normalized spacial score (nSPS) is 11.3. The lowest BCUT2D eigenvalue weighted by Gasteiger charge is -2.09. The van der Waals surface area contributed by atoms with Gasteiger partial charge in [0.25, 0.3) is 0 Å². The summed E-state index contributed by atoms with van der Waals surface area (Å²) in [5.41, 5.74) is 6.91. The lowest BCUT2D eigenvalue weighted by atomic mass is 10.2. The van der Waals surface area contributed by atoms with Gasteiger partial charge >= 0.3 is 0 Å². The van der Waals surface area contributed by atoms with E-state index in [4.69, 9.17) is 0 Å². The molecule has 3 rings (SSSR count). The molecular formula is C20H19BrN2. The number of hydrogen-bond acceptors (Lipinski definition) is 1. The van der Waals surface area contributed by atoms with Gasteiger partial charge in [-0.25, -0.2) is 0 Å². The molecule has 23 heavy (non-hydrogen) atoms. The fraction of sp³-hybridized carbons (Fsp3) is 0.150. The van der Waals surface area contributed by atoms with Crippen molar-refractivity contribution in [3.05, 3.63) is 81.6 Å². The van der Waals surface area contributed by atoms with Crippen LogP contribution in [0.4, 0.5) is 5.69 Å². The zero-order valence-electron chi connectivity index (χ0n) is 13.5. The molecule has 0 aliphatic rings. The van der Waals surface area contributed by atoms with Crippen LogP contribution in [-0.2, 0) is 0 Å². The third kappa shape index (κ3) is 3.30. The van der Waals surface area contributed by atoms with Crippen molar-refractivity contribution in [2.75, 3.05) is 0 Å². The lowest BCUT2D eigenvalue weighted by Crippen LogP contribution is -1.99. The van der Waals surface area contributed by atoms with Crippen LogP contribution in [0.25, 0.3) is 5.69 Å². The quantitative estimate of drug-likeness (QED) is 0.512. The highest BCUT2D eigenvalue weighted by atomic mass is 79.9. The number of halogens is 1. The SMILES string of the molecule is Cc1ccccc1N=Cc1cc(C)n(-c2ccc(Br)cc2)c1C. The Balaban J connectivity index is 1.98. The predicted octanol–water partition coefficient (Wildman–Crippen LogP) is 5.92. The van der Waals surface area contributed by atoms with Crippen LogP contribution in [0, 0.1) is 20.8 Å². The minimum atomic E-state index is 1.01. The van der Waals surface area contributed by atoms with E-state index in [0.717, 1.165) is 15.7 Å². The summed E-state index contributed by atoms with van der Waals surface area (Å²) in [6.07, 6.45) is 1.96. The third-order valence-corrected chi connectivity index (χ3v) is 4.54. The Morgan fingerprint density at radius 1 is 0.957 bits per heavy atom. The summed E-state index contributed by atoms with van der Waals surface area (Å²) in [5, 5.41) is 0. The van der Waals surface area contributed by atoms with Crippen LogP contribution in [0.5, 0.6) is 0 Å². The molecule has 0 saturated carbocycles. The number of benzene rings is 2. The summed E-state index contributed by atoms with van der Waals surface area (Å²) in [6, 6.07) is 18.7. The van der Waals surface area contributed by atoms with E-state index < -0.39 is 0 Å². The summed E-state index contributed by atoms with van der Waals surface area (Å²) in [7, 11) is 0. The van der Waals surface area contributed by atoms with Crippen LogP contribution in [-0.4, -0.2) is 10.8 Å². The van der Waals surface area contributed by atoms with Crippen LogP contribution < -0.4 is 0 Å². The van der Waals surface area contributed by atoms with Gasteiger partial charge in [0, 0.05) is 33.3 Å². The van der Waals surface area contributed by atoms with Crippen LogP contribution in [0.15, 0.2) is 64.1 Å². The second-order valence-electron chi connectivity index (χ2n) is 5.68. The molecule has 116 valence electrons. The molecule has 0 unspecified atom stereocenters. The van der Waals surface area contributed by atoms with Gasteiger partial charge in [0.2, 0.25) is 0 Å². The first kappa shape index (κ1) is 15.8. The van der Waals surface area contributed by atoms with Crippen molar-refractivity contribution < 1.29 is 0 Å². The Hall–Kier alpha value is -2.13. The summed E-state index contributed by atoms with van der Waals surface area (Å²) < 4.78 is 3.34. The Morgan fingerprint density at radius 2 is 1.65 bits per heavy atom. The highest BCUT2D eigenvalue weighted by Gasteiger charge is 2.09. The standard InChI is InChI=1S/C20H19BrN2/c1-14-6-4-5-7-20(14)22-13-17-12-15(2)23(16(17)3)19-10-8-18(21)9-11-19/h4-13H,1-3H3. The van der Waals surface area contributed by atoms with E-state index in [1.165, 1.54) is 22.6 Å². The van der Waals surface area contributed by atoms with Crippen LogP contribution in [0.2, 0.25) is 0 Å². The first-order valence-corrected chi connectivity index (χ1v) is 8.40. The first-order chi connectivity index (χ1) is 11.1. The van der Waals surface area contributed by atoms with E-state index in [1.807, 2.05) is 24.4 Å². The van der Waals surface area contributed by atoms with Crippen molar-refractivity contribution in [1.82, 2.24) is 4.57 Å². The van der Waals surface area contributed by atoms with Crippen LogP contribution in [0.3, 0.4) is 0 Å².